The summed E-state index contributed by atoms with van der Waals surface area (Å²) in [6.07, 6.45) is 1.63. The van der Waals surface area contributed by atoms with Crippen LogP contribution in [0.3, 0.4) is 0 Å². The second-order valence-electron chi connectivity index (χ2n) is 3.85. The van der Waals surface area contributed by atoms with E-state index in [9.17, 15) is 14.0 Å². The maximum atomic E-state index is 13.1. The Morgan fingerprint density at radius 3 is 2.89 bits per heavy atom. The molecule has 0 aliphatic carbocycles. The first-order valence-electron chi connectivity index (χ1n) is 5.30. The number of H-pyrrole nitrogens is 1. The van der Waals surface area contributed by atoms with Crippen molar-refractivity contribution >= 4 is 22.8 Å². The van der Waals surface area contributed by atoms with Crippen LogP contribution in [0.2, 0.25) is 0 Å². The van der Waals surface area contributed by atoms with E-state index in [0.717, 1.165) is 5.52 Å². The lowest BCUT2D eigenvalue weighted by molar-refractivity contribution is -0.137. The molecule has 6 heteroatoms. The van der Waals surface area contributed by atoms with Crippen molar-refractivity contribution in [3.63, 3.8) is 0 Å². The lowest BCUT2D eigenvalue weighted by Crippen LogP contribution is -2.30. The number of fused-ring (bicyclic) bond motifs is 1. The lowest BCUT2D eigenvalue weighted by Gasteiger charge is -2.01. The largest absolute Gasteiger partial charge is 0.480 e. The molecule has 5 nitrogen and oxygen atoms in total. The van der Waals surface area contributed by atoms with Crippen molar-refractivity contribution in [3.05, 3.63) is 35.8 Å². The van der Waals surface area contributed by atoms with Gasteiger partial charge in [-0.05, 0) is 23.8 Å². The molecule has 1 aromatic heterocycles. The number of hydrogen-bond acceptors (Lipinski definition) is 2. The Kier molecular flexibility index (Phi) is 3.27. The van der Waals surface area contributed by atoms with Gasteiger partial charge in [-0.2, -0.15) is 0 Å². The third kappa shape index (κ3) is 2.65. The summed E-state index contributed by atoms with van der Waals surface area (Å²) in [4.78, 5) is 24.7. The minimum atomic E-state index is -1.10. The van der Waals surface area contributed by atoms with E-state index >= 15 is 0 Å². The fourth-order valence-corrected chi connectivity index (χ4v) is 1.71. The normalized spacial score (nSPS) is 10.5. The van der Waals surface area contributed by atoms with Crippen LogP contribution in [0.4, 0.5) is 4.39 Å². The van der Waals surface area contributed by atoms with Gasteiger partial charge >= 0.3 is 5.97 Å². The van der Waals surface area contributed by atoms with Crippen molar-refractivity contribution in [2.24, 2.45) is 0 Å². The average molecular weight is 250 g/mol. The molecule has 94 valence electrons. The van der Waals surface area contributed by atoms with Crippen molar-refractivity contribution in [2.75, 3.05) is 6.54 Å². The van der Waals surface area contributed by atoms with E-state index in [1.807, 2.05) is 0 Å². The van der Waals surface area contributed by atoms with Gasteiger partial charge in [-0.3, -0.25) is 9.59 Å². The smallest absolute Gasteiger partial charge is 0.322 e. The van der Waals surface area contributed by atoms with Crippen molar-refractivity contribution < 1.29 is 19.1 Å². The first-order valence-corrected chi connectivity index (χ1v) is 5.30. The molecule has 0 radical (unpaired) electrons. The second kappa shape index (κ2) is 4.87. The molecule has 1 aromatic carbocycles. The number of aromatic amines is 1. The maximum Gasteiger partial charge on any atom is 0.322 e. The molecule has 18 heavy (non-hydrogen) atoms. The molecule has 0 aliphatic rings. The summed E-state index contributed by atoms with van der Waals surface area (Å²) in [7, 11) is 0. The Bertz CT molecular complexity index is 606. The molecule has 0 bridgehead atoms. The lowest BCUT2D eigenvalue weighted by atomic mass is 10.1. The van der Waals surface area contributed by atoms with Crippen LogP contribution in [0.1, 0.15) is 5.56 Å². The fraction of sp³-hybridized carbons (Fsp3) is 0.167. The summed E-state index contributed by atoms with van der Waals surface area (Å²) >= 11 is 0. The number of hydrogen-bond donors (Lipinski definition) is 3. The quantitative estimate of drug-likeness (QED) is 0.758. The van der Waals surface area contributed by atoms with Crippen LogP contribution in [0, 0.1) is 5.82 Å². The third-order valence-electron chi connectivity index (χ3n) is 2.52. The molecule has 3 N–H and O–H groups in total. The summed E-state index contributed by atoms with van der Waals surface area (Å²) in [5.74, 6) is -1.90. The molecule has 0 aliphatic heterocycles. The predicted molar refractivity (Wildman–Crippen MR) is 62.6 cm³/mol. The Morgan fingerprint density at radius 2 is 2.17 bits per heavy atom. The SMILES string of the molecule is O=C(O)CNC(=O)Cc1c[nH]c2ccc(F)cc12. The number of halogens is 1. The first-order chi connectivity index (χ1) is 8.56. The summed E-state index contributed by atoms with van der Waals surface area (Å²) < 4.78 is 13.1. The van der Waals surface area contributed by atoms with Gasteiger partial charge in [-0.1, -0.05) is 0 Å². The zero-order chi connectivity index (χ0) is 13.1. The van der Waals surface area contributed by atoms with Crippen LogP contribution in [-0.4, -0.2) is 28.5 Å². The van der Waals surface area contributed by atoms with Gasteiger partial charge in [0.1, 0.15) is 12.4 Å². The van der Waals surface area contributed by atoms with E-state index < -0.39 is 18.4 Å². The highest BCUT2D eigenvalue weighted by atomic mass is 19.1. The van der Waals surface area contributed by atoms with Crippen LogP contribution >= 0.6 is 0 Å². The standard InChI is InChI=1S/C12H11FN2O3/c13-8-1-2-10-9(4-8)7(5-14-10)3-11(16)15-6-12(17)18/h1-2,4-5,14H,3,6H2,(H,15,16)(H,17,18). The molecule has 2 rings (SSSR count). The summed E-state index contributed by atoms with van der Waals surface area (Å²) in [5.41, 5.74) is 1.37. The number of carboxylic acids is 1. The van der Waals surface area contributed by atoms with Gasteiger partial charge in [-0.15, -0.1) is 0 Å². The number of aromatic nitrogens is 1. The highest BCUT2D eigenvalue weighted by Gasteiger charge is 2.10. The van der Waals surface area contributed by atoms with Gasteiger partial charge in [-0.25, -0.2) is 4.39 Å². The average Bonchev–Trinajstić information content (AvgIpc) is 2.69. The van der Waals surface area contributed by atoms with E-state index in [1.165, 1.54) is 12.1 Å². The Labute approximate surface area is 102 Å². The van der Waals surface area contributed by atoms with E-state index in [0.29, 0.717) is 10.9 Å². The van der Waals surface area contributed by atoms with Crippen molar-refractivity contribution in [3.8, 4) is 0 Å². The molecule has 0 saturated heterocycles. The zero-order valence-electron chi connectivity index (χ0n) is 9.37. The van der Waals surface area contributed by atoms with E-state index in [-0.39, 0.29) is 12.2 Å². The van der Waals surface area contributed by atoms with Gasteiger partial charge < -0.3 is 15.4 Å². The number of carbonyl (C=O) groups excluding carboxylic acids is 1. The molecular weight excluding hydrogens is 239 g/mol. The monoisotopic (exact) mass is 250 g/mol. The van der Waals surface area contributed by atoms with Crippen LogP contribution in [0.15, 0.2) is 24.4 Å². The number of amides is 1. The topological polar surface area (TPSA) is 82.2 Å². The van der Waals surface area contributed by atoms with Gasteiger partial charge in [0, 0.05) is 17.1 Å². The number of nitrogens with one attached hydrogen (secondary N) is 2. The van der Waals surface area contributed by atoms with Gasteiger partial charge in [0.15, 0.2) is 0 Å². The van der Waals surface area contributed by atoms with E-state index in [4.69, 9.17) is 5.11 Å². The minimum absolute atomic E-state index is 0.0106. The number of rotatable bonds is 4. The summed E-state index contributed by atoms with van der Waals surface area (Å²) in [6, 6.07) is 4.25. The molecule has 0 unspecified atom stereocenters. The molecule has 2 aromatic rings. The number of carbonyl (C=O) groups is 2. The highest BCUT2D eigenvalue weighted by molar-refractivity contribution is 5.89. The van der Waals surface area contributed by atoms with Crippen molar-refractivity contribution in [2.45, 2.75) is 6.42 Å². The third-order valence-corrected chi connectivity index (χ3v) is 2.52. The molecule has 0 spiro atoms. The van der Waals surface area contributed by atoms with Gasteiger partial charge in [0.25, 0.3) is 0 Å². The minimum Gasteiger partial charge on any atom is -0.480 e. The van der Waals surface area contributed by atoms with E-state index in [2.05, 4.69) is 10.3 Å². The molecule has 0 fully saturated rings. The van der Waals surface area contributed by atoms with Crippen molar-refractivity contribution in [1.82, 2.24) is 10.3 Å². The molecule has 0 atom stereocenters. The fourth-order valence-electron chi connectivity index (χ4n) is 1.71. The zero-order valence-corrected chi connectivity index (χ0v) is 9.37. The predicted octanol–water partition coefficient (Wildman–Crippen LogP) is 1.05. The second-order valence-corrected chi connectivity index (χ2v) is 3.85. The summed E-state index contributed by atoms with van der Waals surface area (Å²) in [5, 5.41) is 11.3. The molecule has 0 saturated carbocycles. The Morgan fingerprint density at radius 1 is 1.39 bits per heavy atom. The van der Waals surface area contributed by atoms with Gasteiger partial charge in [0.05, 0.1) is 6.42 Å². The maximum absolute atomic E-state index is 13.1. The molecule has 1 amide bonds. The van der Waals surface area contributed by atoms with Gasteiger partial charge in [0.2, 0.25) is 5.91 Å². The number of benzene rings is 1. The molecular formula is C12H11FN2O3. The number of aliphatic carboxylic acids is 1. The molecule has 1 heterocycles. The summed E-state index contributed by atoms with van der Waals surface area (Å²) in [6.45, 7) is -0.421. The first kappa shape index (κ1) is 12.1. The van der Waals surface area contributed by atoms with E-state index in [1.54, 1.807) is 12.3 Å². The van der Waals surface area contributed by atoms with Crippen LogP contribution in [0.5, 0.6) is 0 Å². The Hall–Kier alpha value is -2.37. The Balaban J connectivity index is 2.14. The van der Waals surface area contributed by atoms with Crippen LogP contribution < -0.4 is 5.32 Å². The van der Waals surface area contributed by atoms with Crippen LogP contribution in [-0.2, 0) is 16.0 Å². The van der Waals surface area contributed by atoms with Crippen molar-refractivity contribution in [1.29, 1.82) is 0 Å². The van der Waals surface area contributed by atoms with Crippen LogP contribution in [0.25, 0.3) is 10.9 Å². The number of carboxylic acid groups (broad SMARTS) is 1. The highest BCUT2D eigenvalue weighted by Crippen LogP contribution is 2.19.